The predicted molar refractivity (Wildman–Crippen MR) is 146 cm³/mol. The Bertz CT molecular complexity index is 1360. The summed E-state index contributed by atoms with van der Waals surface area (Å²) in [5, 5.41) is 14.7. The number of halogens is 1. The molecule has 2 aromatic rings. The van der Waals surface area contributed by atoms with Crippen LogP contribution in [0.25, 0.3) is 5.57 Å². The van der Waals surface area contributed by atoms with Crippen molar-refractivity contribution < 1.29 is 24.2 Å². The molecule has 0 radical (unpaired) electrons. The Morgan fingerprint density at radius 2 is 1.87 bits per heavy atom. The van der Waals surface area contributed by atoms with Gasteiger partial charge in [0, 0.05) is 25.1 Å². The Labute approximate surface area is 233 Å². The lowest BCUT2D eigenvalue weighted by molar-refractivity contribution is -0.153. The highest BCUT2D eigenvalue weighted by atomic mass is 35.5. The highest BCUT2D eigenvalue weighted by molar-refractivity contribution is 6.34. The van der Waals surface area contributed by atoms with Crippen molar-refractivity contribution in [2.24, 2.45) is 11.8 Å². The molecular formula is C30H34ClN3O5. The first-order chi connectivity index (χ1) is 18.8. The third-order valence-electron chi connectivity index (χ3n) is 8.77. The van der Waals surface area contributed by atoms with Gasteiger partial charge in [-0.1, -0.05) is 29.8 Å². The zero-order valence-electron chi connectivity index (χ0n) is 22.2. The van der Waals surface area contributed by atoms with Crippen LogP contribution in [0.3, 0.4) is 0 Å². The molecule has 0 spiro atoms. The summed E-state index contributed by atoms with van der Waals surface area (Å²) in [7, 11) is 2.02. The fourth-order valence-electron chi connectivity index (χ4n) is 6.37. The molecule has 39 heavy (non-hydrogen) atoms. The highest BCUT2D eigenvalue weighted by Crippen LogP contribution is 2.44. The number of nitrogens with zero attached hydrogens (tertiary/aromatic N) is 3. The smallest absolute Gasteiger partial charge is 0.309 e. The number of rotatable bonds is 6. The molecule has 1 saturated heterocycles. The van der Waals surface area contributed by atoms with Crippen molar-refractivity contribution in [1.29, 1.82) is 0 Å². The van der Waals surface area contributed by atoms with Crippen molar-refractivity contribution in [3.05, 3.63) is 57.4 Å². The second-order valence-corrected chi connectivity index (χ2v) is 12.0. The SMILES string of the molecule is CN1CCC(OC(=O)C2CCc3c(C4=CCC(C(=O)O)CC4)nn(C(=O)c4c(Cl)cccc4C4CC4)c3C2)C1. The Kier molecular flexibility index (Phi) is 7.10. The van der Waals surface area contributed by atoms with Gasteiger partial charge in [-0.15, -0.1) is 0 Å². The summed E-state index contributed by atoms with van der Waals surface area (Å²) < 4.78 is 7.35. The molecule has 206 valence electrons. The first-order valence-corrected chi connectivity index (χ1v) is 14.4. The number of aromatic nitrogens is 2. The van der Waals surface area contributed by atoms with Gasteiger partial charge in [-0.05, 0) is 81.5 Å². The fourth-order valence-corrected chi connectivity index (χ4v) is 6.63. The second-order valence-electron chi connectivity index (χ2n) is 11.6. The summed E-state index contributed by atoms with van der Waals surface area (Å²) in [4.78, 5) is 41.0. The summed E-state index contributed by atoms with van der Waals surface area (Å²) in [5.74, 6) is -1.67. The van der Waals surface area contributed by atoms with Gasteiger partial charge >= 0.3 is 11.9 Å². The molecule has 1 N–H and O–H groups in total. The number of carboxylic acids is 1. The number of esters is 1. The molecule has 1 saturated carbocycles. The van der Waals surface area contributed by atoms with Crippen molar-refractivity contribution in [3.8, 4) is 0 Å². The molecular weight excluding hydrogens is 518 g/mol. The zero-order chi connectivity index (χ0) is 27.3. The van der Waals surface area contributed by atoms with Gasteiger partial charge in [0.2, 0.25) is 0 Å². The Morgan fingerprint density at radius 3 is 2.54 bits per heavy atom. The first kappa shape index (κ1) is 26.3. The van der Waals surface area contributed by atoms with Gasteiger partial charge in [0.1, 0.15) is 6.10 Å². The average molecular weight is 552 g/mol. The summed E-state index contributed by atoms with van der Waals surface area (Å²) in [5.41, 5.74) is 4.90. The van der Waals surface area contributed by atoms with E-state index in [2.05, 4.69) is 4.90 Å². The van der Waals surface area contributed by atoms with Crippen LogP contribution >= 0.6 is 11.6 Å². The average Bonchev–Trinajstić information content (AvgIpc) is 3.59. The normalized spacial score (nSPS) is 25.2. The second kappa shape index (κ2) is 10.5. The molecule has 2 heterocycles. The van der Waals surface area contributed by atoms with Gasteiger partial charge < -0.3 is 14.7 Å². The molecule has 0 amide bonds. The number of allylic oxidation sites excluding steroid dienone is 2. The minimum Gasteiger partial charge on any atom is -0.481 e. The predicted octanol–water partition coefficient (Wildman–Crippen LogP) is 4.72. The molecule has 4 aliphatic rings. The van der Waals surface area contributed by atoms with E-state index >= 15 is 0 Å². The third kappa shape index (κ3) is 5.16. The number of fused-ring (bicyclic) bond motifs is 1. The van der Waals surface area contributed by atoms with E-state index in [4.69, 9.17) is 21.4 Å². The number of carbonyl (C=O) groups is 3. The third-order valence-corrected chi connectivity index (χ3v) is 9.09. The van der Waals surface area contributed by atoms with Crippen LogP contribution < -0.4 is 0 Å². The van der Waals surface area contributed by atoms with Gasteiger partial charge in [0.05, 0.1) is 33.8 Å². The number of hydrogen-bond acceptors (Lipinski definition) is 6. The van der Waals surface area contributed by atoms with Crippen LogP contribution in [0.1, 0.15) is 83.7 Å². The van der Waals surface area contributed by atoms with Crippen LogP contribution in [0, 0.1) is 11.8 Å². The molecule has 3 atom stereocenters. The van der Waals surface area contributed by atoms with E-state index in [0.717, 1.165) is 60.4 Å². The van der Waals surface area contributed by atoms with E-state index in [9.17, 15) is 19.5 Å². The van der Waals surface area contributed by atoms with E-state index in [1.807, 2.05) is 25.3 Å². The summed E-state index contributed by atoms with van der Waals surface area (Å²) in [6.07, 6.45) is 7.97. The van der Waals surface area contributed by atoms with Crippen LogP contribution in [0.15, 0.2) is 24.3 Å². The van der Waals surface area contributed by atoms with Crippen LogP contribution in [0.2, 0.25) is 5.02 Å². The van der Waals surface area contributed by atoms with Crippen molar-refractivity contribution in [2.75, 3.05) is 20.1 Å². The minimum atomic E-state index is -0.783. The summed E-state index contributed by atoms with van der Waals surface area (Å²) in [6, 6.07) is 5.60. The van der Waals surface area contributed by atoms with Gasteiger partial charge in [-0.3, -0.25) is 14.4 Å². The Balaban J connectivity index is 1.35. The standard InChI is InChI=1S/C30H34ClN3O5/c1-33-14-13-21(16-33)39-30(38)20-11-12-23-25(15-20)34(32-27(23)18-7-9-19(10-8-18)29(36)37)28(35)26-22(17-5-6-17)3-2-4-24(26)31/h2-4,7,17,19-21H,5-6,8-16H2,1H3,(H,36,37). The molecule has 1 aliphatic heterocycles. The molecule has 1 aromatic heterocycles. The number of carboxylic acid groups (broad SMARTS) is 1. The van der Waals surface area contributed by atoms with Crippen molar-refractivity contribution >= 4 is 35.0 Å². The maximum atomic E-state index is 14.1. The van der Waals surface area contributed by atoms with Gasteiger partial charge in [0.15, 0.2) is 0 Å². The quantitative estimate of drug-likeness (QED) is 0.518. The van der Waals surface area contributed by atoms with Gasteiger partial charge in [-0.25, -0.2) is 0 Å². The molecule has 8 nitrogen and oxygen atoms in total. The van der Waals surface area contributed by atoms with Gasteiger partial charge in [-0.2, -0.15) is 9.78 Å². The van der Waals surface area contributed by atoms with E-state index in [-0.39, 0.29) is 23.9 Å². The number of likely N-dealkylation sites (N-methyl/N-ethyl adjacent to an activating group) is 1. The Hall–Kier alpha value is -2.97. The lowest BCUT2D eigenvalue weighted by Crippen LogP contribution is -2.31. The molecule has 2 fully saturated rings. The largest absolute Gasteiger partial charge is 0.481 e. The number of ether oxygens (including phenoxy) is 1. The molecule has 9 heteroatoms. The molecule has 0 bridgehead atoms. The maximum Gasteiger partial charge on any atom is 0.309 e. The monoisotopic (exact) mass is 551 g/mol. The minimum absolute atomic E-state index is 0.0928. The zero-order valence-corrected chi connectivity index (χ0v) is 23.0. The molecule has 3 aliphatic carbocycles. The lowest BCUT2D eigenvalue weighted by Gasteiger charge is -2.24. The highest BCUT2D eigenvalue weighted by Gasteiger charge is 2.37. The molecule has 3 unspecified atom stereocenters. The molecule has 6 rings (SSSR count). The van der Waals surface area contributed by atoms with E-state index < -0.39 is 11.9 Å². The van der Waals surface area contributed by atoms with E-state index in [0.29, 0.717) is 55.0 Å². The topological polar surface area (TPSA) is 102 Å². The Morgan fingerprint density at radius 1 is 1.08 bits per heavy atom. The van der Waals surface area contributed by atoms with Gasteiger partial charge in [0.25, 0.3) is 5.91 Å². The van der Waals surface area contributed by atoms with E-state index in [1.165, 1.54) is 4.68 Å². The van der Waals surface area contributed by atoms with Crippen molar-refractivity contribution in [1.82, 2.24) is 14.7 Å². The van der Waals surface area contributed by atoms with Crippen LogP contribution in [0.4, 0.5) is 0 Å². The van der Waals surface area contributed by atoms with Crippen LogP contribution in [-0.2, 0) is 27.2 Å². The lowest BCUT2D eigenvalue weighted by atomic mass is 9.82. The molecule has 1 aromatic carbocycles. The van der Waals surface area contributed by atoms with E-state index in [1.54, 1.807) is 6.07 Å². The number of aliphatic carboxylic acids is 1. The first-order valence-electron chi connectivity index (χ1n) is 14.0. The number of benzene rings is 1. The summed E-state index contributed by atoms with van der Waals surface area (Å²) in [6.45, 7) is 1.66. The summed E-state index contributed by atoms with van der Waals surface area (Å²) >= 11 is 6.61. The number of hydrogen-bond donors (Lipinski definition) is 1. The fraction of sp³-hybridized carbons (Fsp3) is 0.533. The van der Waals surface area contributed by atoms with Crippen molar-refractivity contribution in [2.45, 2.75) is 69.8 Å². The maximum absolute atomic E-state index is 14.1. The van der Waals surface area contributed by atoms with Crippen LogP contribution in [0.5, 0.6) is 0 Å². The number of carbonyl (C=O) groups excluding carboxylic acids is 2. The van der Waals surface area contributed by atoms with Crippen LogP contribution in [-0.4, -0.2) is 63.9 Å². The van der Waals surface area contributed by atoms with Crippen molar-refractivity contribution in [3.63, 3.8) is 0 Å². The number of likely N-dealkylation sites (tertiary alicyclic amines) is 1.